The fourth-order valence-electron chi connectivity index (χ4n) is 1.91. The van der Waals surface area contributed by atoms with Crippen LogP contribution in [0.5, 0.6) is 0 Å². The number of ether oxygens (including phenoxy) is 1. The Morgan fingerprint density at radius 1 is 1.26 bits per heavy atom. The number of pyridine rings is 1. The molecule has 0 saturated carbocycles. The number of nitrogens with zero attached hydrogens (tertiary/aromatic N) is 1. The largest absolute Gasteiger partial charge is 0.465 e. The molecular formula is C15H16N2O2. The summed E-state index contributed by atoms with van der Waals surface area (Å²) in [6, 6.07) is 9.61. The minimum Gasteiger partial charge on any atom is -0.465 e. The number of carbonyl (C=O) groups is 1. The summed E-state index contributed by atoms with van der Waals surface area (Å²) in [7, 11) is 3.25. The number of hydrogen-bond donors (Lipinski definition) is 1. The van der Waals surface area contributed by atoms with E-state index in [2.05, 4.69) is 21.1 Å². The number of hydrogen-bond acceptors (Lipinski definition) is 4. The first-order valence-electron chi connectivity index (χ1n) is 5.99. The monoisotopic (exact) mass is 256 g/mol. The minimum absolute atomic E-state index is 0.374. The smallest absolute Gasteiger partial charge is 0.339 e. The second kappa shape index (κ2) is 5.52. The molecule has 2 aromatic rings. The summed E-state index contributed by atoms with van der Waals surface area (Å²) in [5.41, 5.74) is 4.55. The average molecular weight is 256 g/mol. The van der Waals surface area contributed by atoms with E-state index in [1.54, 1.807) is 6.07 Å². The normalized spacial score (nSPS) is 10.1. The zero-order chi connectivity index (χ0) is 13.8. The fourth-order valence-corrected chi connectivity index (χ4v) is 1.91. The fraction of sp³-hybridized carbons (Fsp3) is 0.200. The molecule has 0 spiro atoms. The zero-order valence-corrected chi connectivity index (χ0v) is 11.2. The number of aromatic nitrogens is 1. The van der Waals surface area contributed by atoms with Gasteiger partial charge in [-0.1, -0.05) is 6.07 Å². The molecule has 1 heterocycles. The van der Waals surface area contributed by atoms with Crippen LogP contribution in [0.1, 0.15) is 15.9 Å². The van der Waals surface area contributed by atoms with Crippen LogP contribution in [0.3, 0.4) is 0 Å². The van der Waals surface area contributed by atoms with Crippen LogP contribution in [0, 0.1) is 6.92 Å². The van der Waals surface area contributed by atoms with Crippen molar-refractivity contribution in [3.8, 4) is 11.3 Å². The lowest BCUT2D eigenvalue weighted by Crippen LogP contribution is -2.01. The number of aryl methyl sites for hydroxylation is 1. The quantitative estimate of drug-likeness (QED) is 0.858. The Hall–Kier alpha value is -2.36. The van der Waals surface area contributed by atoms with Gasteiger partial charge < -0.3 is 10.1 Å². The van der Waals surface area contributed by atoms with Crippen LogP contribution in [0.15, 0.2) is 36.5 Å². The lowest BCUT2D eigenvalue weighted by atomic mass is 10.1. The summed E-state index contributed by atoms with van der Waals surface area (Å²) < 4.78 is 4.64. The Morgan fingerprint density at radius 2 is 2.05 bits per heavy atom. The first-order valence-corrected chi connectivity index (χ1v) is 5.99. The summed E-state index contributed by atoms with van der Waals surface area (Å²) in [5, 5.41) is 3.12. The molecule has 19 heavy (non-hydrogen) atoms. The third kappa shape index (κ3) is 2.73. The number of carbonyl (C=O) groups excluding carboxylic acids is 1. The predicted octanol–water partition coefficient (Wildman–Crippen LogP) is 2.89. The van der Waals surface area contributed by atoms with Crippen molar-refractivity contribution in [2.24, 2.45) is 0 Å². The molecule has 0 fully saturated rings. The van der Waals surface area contributed by atoms with Gasteiger partial charge in [-0.3, -0.25) is 4.98 Å². The molecule has 0 aliphatic rings. The lowest BCUT2D eigenvalue weighted by Gasteiger charge is -2.08. The molecule has 0 unspecified atom stereocenters. The zero-order valence-electron chi connectivity index (χ0n) is 11.2. The minimum atomic E-state index is -0.374. The molecule has 1 aromatic carbocycles. The summed E-state index contributed by atoms with van der Waals surface area (Å²) in [4.78, 5) is 15.6. The van der Waals surface area contributed by atoms with E-state index in [0.29, 0.717) is 5.56 Å². The van der Waals surface area contributed by atoms with Crippen molar-refractivity contribution in [3.05, 3.63) is 47.7 Å². The second-order valence-corrected chi connectivity index (χ2v) is 4.20. The van der Waals surface area contributed by atoms with Gasteiger partial charge in [0.05, 0.1) is 18.4 Å². The number of esters is 1. The highest BCUT2D eigenvalue weighted by Gasteiger charge is 2.07. The Kier molecular flexibility index (Phi) is 3.80. The van der Waals surface area contributed by atoms with Gasteiger partial charge in [0.25, 0.3) is 0 Å². The highest BCUT2D eigenvalue weighted by Crippen LogP contribution is 2.23. The van der Waals surface area contributed by atoms with Gasteiger partial charge in [-0.05, 0) is 36.8 Å². The van der Waals surface area contributed by atoms with Crippen molar-refractivity contribution in [1.29, 1.82) is 0 Å². The molecule has 4 heteroatoms. The van der Waals surface area contributed by atoms with E-state index in [1.807, 2.05) is 32.2 Å². The maximum absolute atomic E-state index is 11.3. The lowest BCUT2D eigenvalue weighted by molar-refractivity contribution is 0.0600. The Bertz CT molecular complexity index is 592. The Morgan fingerprint density at radius 3 is 2.58 bits per heavy atom. The number of nitrogens with one attached hydrogen (secondary N) is 1. The van der Waals surface area contributed by atoms with Gasteiger partial charge in [-0.15, -0.1) is 0 Å². The van der Waals surface area contributed by atoms with E-state index in [1.165, 1.54) is 13.3 Å². The summed E-state index contributed by atoms with van der Waals surface area (Å²) in [6.07, 6.45) is 1.53. The maximum atomic E-state index is 11.3. The van der Waals surface area contributed by atoms with Crippen LogP contribution >= 0.6 is 0 Å². The number of rotatable bonds is 3. The molecule has 2 rings (SSSR count). The topological polar surface area (TPSA) is 51.2 Å². The Labute approximate surface area is 112 Å². The molecule has 0 radical (unpaired) electrons. The van der Waals surface area contributed by atoms with Crippen molar-refractivity contribution in [3.63, 3.8) is 0 Å². The molecule has 1 aromatic heterocycles. The van der Waals surface area contributed by atoms with Crippen LogP contribution in [0.4, 0.5) is 5.69 Å². The number of anilines is 1. The van der Waals surface area contributed by atoms with Crippen molar-refractivity contribution in [2.75, 3.05) is 19.5 Å². The third-order valence-electron chi connectivity index (χ3n) is 2.98. The maximum Gasteiger partial charge on any atom is 0.339 e. The summed E-state index contributed by atoms with van der Waals surface area (Å²) >= 11 is 0. The first kappa shape index (κ1) is 13.1. The van der Waals surface area contributed by atoms with Crippen LogP contribution in [0.2, 0.25) is 0 Å². The van der Waals surface area contributed by atoms with Gasteiger partial charge in [-0.25, -0.2) is 4.79 Å². The van der Waals surface area contributed by atoms with Gasteiger partial charge >= 0.3 is 5.97 Å². The molecule has 1 N–H and O–H groups in total. The van der Waals surface area contributed by atoms with Gasteiger partial charge in [0.15, 0.2) is 0 Å². The second-order valence-electron chi connectivity index (χ2n) is 4.20. The van der Waals surface area contributed by atoms with Gasteiger partial charge in [0.1, 0.15) is 0 Å². The third-order valence-corrected chi connectivity index (χ3v) is 2.98. The van der Waals surface area contributed by atoms with Gasteiger partial charge in [-0.2, -0.15) is 0 Å². The molecule has 0 saturated heterocycles. The number of benzene rings is 1. The van der Waals surface area contributed by atoms with E-state index < -0.39 is 0 Å². The number of methoxy groups -OCH3 is 1. The van der Waals surface area contributed by atoms with Crippen LogP contribution in [-0.2, 0) is 4.74 Å². The summed E-state index contributed by atoms with van der Waals surface area (Å²) in [6.45, 7) is 2.04. The van der Waals surface area contributed by atoms with Gasteiger partial charge in [0, 0.05) is 24.5 Å². The summed E-state index contributed by atoms with van der Waals surface area (Å²) in [5.74, 6) is -0.374. The molecule has 4 nitrogen and oxygen atoms in total. The predicted molar refractivity (Wildman–Crippen MR) is 75.3 cm³/mol. The molecule has 0 bridgehead atoms. The van der Waals surface area contributed by atoms with Crippen molar-refractivity contribution in [1.82, 2.24) is 4.98 Å². The highest BCUT2D eigenvalue weighted by atomic mass is 16.5. The molecular weight excluding hydrogens is 240 g/mol. The molecule has 0 atom stereocenters. The molecule has 0 aliphatic carbocycles. The van der Waals surface area contributed by atoms with E-state index in [0.717, 1.165) is 22.5 Å². The standard InChI is InChI=1S/C15H16N2O2/c1-10-8-11(4-6-13(10)16-2)14-7-5-12(9-17-14)15(18)19-3/h4-9,16H,1-3H3. The highest BCUT2D eigenvalue weighted by molar-refractivity contribution is 5.89. The molecule has 0 amide bonds. The molecule has 98 valence electrons. The van der Waals surface area contributed by atoms with E-state index >= 15 is 0 Å². The van der Waals surface area contributed by atoms with Crippen LogP contribution in [0.25, 0.3) is 11.3 Å². The van der Waals surface area contributed by atoms with Gasteiger partial charge in [0.2, 0.25) is 0 Å². The van der Waals surface area contributed by atoms with E-state index in [4.69, 9.17) is 0 Å². The van der Waals surface area contributed by atoms with Crippen molar-refractivity contribution < 1.29 is 9.53 Å². The molecule has 0 aliphatic heterocycles. The van der Waals surface area contributed by atoms with E-state index in [9.17, 15) is 4.79 Å². The SMILES string of the molecule is CNc1ccc(-c2ccc(C(=O)OC)cn2)cc1C. The first-order chi connectivity index (χ1) is 9.15. The van der Waals surface area contributed by atoms with Crippen LogP contribution < -0.4 is 5.32 Å². The van der Waals surface area contributed by atoms with E-state index in [-0.39, 0.29) is 5.97 Å². The van der Waals surface area contributed by atoms with Crippen molar-refractivity contribution in [2.45, 2.75) is 6.92 Å². The van der Waals surface area contributed by atoms with Crippen LogP contribution in [-0.4, -0.2) is 25.1 Å². The average Bonchev–Trinajstić information content (AvgIpc) is 2.46. The Balaban J connectivity index is 2.32. The van der Waals surface area contributed by atoms with Crippen molar-refractivity contribution >= 4 is 11.7 Å².